The Morgan fingerprint density at radius 1 is 1.18 bits per heavy atom. The topological polar surface area (TPSA) is 97.2 Å². The van der Waals surface area contributed by atoms with E-state index in [1.165, 1.54) is 13.0 Å². The van der Waals surface area contributed by atoms with Gasteiger partial charge in [-0.25, -0.2) is 9.97 Å². The second-order valence-corrected chi connectivity index (χ2v) is 7.86. The van der Waals surface area contributed by atoms with Gasteiger partial charge in [-0.2, -0.15) is 9.37 Å². The quantitative estimate of drug-likeness (QED) is 0.370. The Labute approximate surface area is 192 Å². The molecule has 0 aliphatic carbocycles. The standard InChI is InChI=1S/C23H18ClFN6O2/c1-12(32)26-18-5-7-19(15-4-3-14(33-2)10-16(15)24)31-11-13(27-23(18)31)9-21-28-17-6-8-20(25)29-22(17)30-21/h3-8,10-11H,9H2,1-2H3,(H,26,32)(H,28,29,30). The highest BCUT2D eigenvalue weighted by Crippen LogP contribution is 2.33. The van der Waals surface area contributed by atoms with Crippen LogP contribution in [-0.4, -0.2) is 37.4 Å². The van der Waals surface area contributed by atoms with Gasteiger partial charge in [0.25, 0.3) is 0 Å². The Bertz CT molecular complexity index is 1530. The Morgan fingerprint density at radius 2 is 2.03 bits per heavy atom. The van der Waals surface area contributed by atoms with Gasteiger partial charge < -0.3 is 15.0 Å². The fourth-order valence-electron chi connectivity index (χ4n) is 3.72. The van der Waals surface area contributed by atoms with E-state index in [4.69, 9.17) is 21.3 Å². The third-order valence-electron chi connectivity index (χ3n) is 5.14. The average Bonchev–Trinajstić information content (AvgIpc) is 3.37. The van der Waals surface area contributed by atoms with Crippen molar-refractivity contribution in [1.82, 2.24) is 24.3 Å². The number of aromatic amines is 1. The van der Waals surface area contributed by atoms with Crippen molar-refractivity contribution >= 4 is 40.0 Å². The van der Waals surface area contributed by atoms with E-state index in [1.807, 2.05) is 28.8 Å². The Balaban J connectivity index is 1.61. The van der Waals surface area contributed by atoms with Crippen molar-refractivity contribution in [1.29, 1.82) is 0 Å². The van der Waals surface area contributed by atoms with Crippen LogP contribution in [0.5, 0.6) is 5.75 Å². The molecule has 0 aliphatic rings. The van der Waals surface area contributed by atoms with Crippen LogP contribution in [0.2, 0.25) is 5.02 Å². The molecule has 0 saturated carbocycles. The molecule has 0 bridgehead atoms. The summed E-state index contributed by atoms with van der Waals surface area (Å²) in [6.45, 7) is 1.44. The number of hydrogen-bond acceptors (Lipinski definition) is 5. The van der Waals surface area contributed by atoms with E-state index in [9.17, 15) is 9.18 Å². The van der Waals surface area contributed by atoms with E-state index in [-0.39, 0.29) is 5.91 Å². The zero-order valence-corrected chi connectivity index (χ0v) is 18.4. The van der Waals surface area contributed by atoms with Crippen LogP contribution in [0.3, 0.4) is 0 Å². The molecule has 2 N–H and O–H groups in total. The second kappa shape index (κ2) is 8.18. The molecule has 0 unspecified atom stereocenters. The molecule has 5 rings (SSSR count). The van der Waals surface area contributed by atoms with E-state index in [0.29, 0.717) is 51.2 Å². The number of carbonyl (C=O) groups is 1. The van der Waals surface area contributed by atoms with E-state index in [1.54, 1.807) is 25.3 Å². The van der Waals surface area contributed by atoms with Gasteiger partial charge in [-0.15, -0.1) is 0 Å². The minimum Gasteiger partial charge on any atom is -0.497 e. The van der Waals surface area contributed by atoms with Crippen LogP contribution in [-0.2, 0) is 11.2 Å². The Morgan fingerprint density at radius 3 is 2.79 bits per heavy atom. The number of H-pyrrole nitrogens is 1. The number of pyridine rings is 2. The molecular formula is C23H18ClFN6O2. The number of nitrogens with one attached hydrogen (secondary N) is 2. The van der Waals surface area contributed by atoms with Crippen LogP contribution < -0.4 is 10.1 Å². The van der Waals surface area contributed by atoms with Crippen molar-refractivity contribution in [2.75, 3.05) is 12.4 Å². The van der Waals surface area contributed by atoms with Gasteiger partial charge in [0.05, 0.1) is 34.7 Å². The second-order valence-electron chi connectivity index (χ2n) is 7.45. The number of anilines is 1. The number of methoxy groups -OCH3 is 1. The fraction of sp³-hybridized carbons (Fsp3) is 0.130. The summed E-state index contributed by atoms with van der Waals surface area (Å²) >= 11 is 6.53. The number of rotatable bonds is 5. The number of amides is 1. The summed E-state index contributed by atoms with van der Waals surface area (Å²) in [5.74, 6) is 0.448. The first-order valence-electron chi connectivity index (χ1n) is 10.0. The first-order chi connectivity index (χ1) is 15.9. The lowest BCUT2D eigenvalue weighted by Gasteiger charge is -2.12. The molecule has 4 aromatic heterocycles. The zero-order valence-electron chi connectivity index (χ0n) is 17.7. The van der Waals surface area contributed by atoms with Crippen LogP contribution in [0.15, 0.2) is 48.7 Å². The highest BCUT2D eigenvalue weighted by Gasteiger charge is 2.16. The zero-order chi connectivity index (χ0) is 23.1. The molecule has 8 nitrogen and oxygen atoms in total. The normalized spacial score (nSPS) is 11.3. The predicted octanol–water partition coefficient (Wildman–Crippen LogP) is 4.62. The summed E-state index contributed by atoms with van der Waals surface area (Å²) in [6, 6.07) is 12.0. The summed E-state index contributed by atoms with van der Waals surface area (Å²) in [6.07, 6.45) is 2.21. The van der Waals surface area contributed by atoms with Gasteiger partial charge in [0.2, 0.25) is 11.9 Å². The minimum absolute atomic E-state index is 0.206. The fourth-order valence-corrected chi connectivity index (χ4v) is 3.98. The van der Waals surface area contributed by atoms with Crippen molar-refractivity contribution in [2.24, 2.45) is 0 Å². The molecule has 33 heavy (non-hydrogen) atoms. The lowest BCUT2D eigenvalue weighted by Crippen LogP contribution is -2.07. The van der Waals surface area contributed by atoms with Gasteiger partial charge in [-0.3, -0.25) is 9.20 Å². The number of carbonyl (C=O) groups excluding carboxylic acids is 1. The van der Waals surface area contributed by atoms with Crippen molar-refractivity contribution in [3.8, 4) is 17.0 Å². The molecule has 0 aliphatic heterocycles. The molecule has 1 amide bonds. The van der Waals surface area contributed by atoms with Crippen LogP contribution in [0.4, 0.5) is 10.1 Å². The van der Waals surface area contributed by atoms with Crippen LogP contribution in [0.25, 0.3) is 28.1 Å². The number of halogens is 2. The number of hydrogen-bond donors (Lipinski definition) is 2. The monoisotopic (exact) mass is 464 g/mol. The first kappa shape index (κ1) is 20.9. The van der Waals surface area contributed by atoms with E-state index in [0.717, 1.165) is 11.3 Å². The number of imidazole rings is 2. The maximum absolute atomic E-state index is 13.4. The van der Waals surface area contributed by atoms with Gasteiger partial charge in [-0.1, -0.05) is 11.6 Å². The molecule has 5 aromatic rings. The van der Waals surface area contributed by atoms with Crippen molar-refractivity contribution < 1.29 is 13.9 Å². The summed E-state index contributed by atoms with van der Waals surface area (Å²) < 4.78 is 20.5. The molecule has 166 valence electrons. The number of aromatic nitrogens is 5. The molecule has 0 radical (unpaired) electrons. The molecule has 1 aromatic carbocycles. The van der Waals surface area contributed by atoms with E-state index >= 15 is 0 Å². The van der Waals surface area contributed by atoms with Gasteiger partial charge in [0.1, 0.15) is 11.6 Å². The lowest BCUT2D eigenvalue weighted by atomic mass is 10.1. The number of ether oxygens (including phenoxy) is 1. The number of benzene rings is 1. The highest BCUT2D eigenvalue weighted by atomic mass is 35.5. The Hall–Kier alpha value is -3.98. The third-order valence-corrected chi connectivity index (χ3v) is 5.45. The highest BCUT2D eigenvalue weighted by molar-refractivity contribution is 6.33. The van der Waals surface area contributed by atoms with Crippen LogP contribution in [0, 0.1) is 5.95 Å². The van der Waals surface area contributed by atoms with Gasteiger partial charge in [0, 0.05) is 25.1 Å². The molecule has 0 atom stereocenters. The minimum atomic E-state index is -0.589. The molecular weight excluding hydrogens is 447 g/mol. The third kappa shape index (κ3) is 3.98. The molecule has 4 heterocycles. The predicted molar refractivity (Wildman–Crippen MR) is 123 cm³/mol. The summed E-state index contributed by atoms with van der Waals surface area (Å²) in [5.41, 5.74) is 4.33. The van der Waals surface area contributed by atoms with Crippen molar-refractivity contribution in [3.63, 3.8) is 0 Å². The van der Waals surface area contributed by atoms with Gasteiger partial charge in [0.15, 0.2) is 11.3 Å². The van der Waals surface area contributed by atoms with Gasteiger partial charge in [-0.05, 0) is 42.5 Å². The molecule has 0 spiro atoms. The van der Waals surface area contributed by atoms with E-state index in [2.05, 4.69) is 20.3 Å². The number of nitrogens with zero attached hydrogens (tertiary/aromatic N) is 4. The summed E-state index contributed by atoms with van der Waals surface area (Å²) in [5, 5.41) is 3.33. The largest absolute Gasteiger partial charge is 0.497 e. The number of fused-ring (bicyclic) bond motifs is 2. The van der Waals surface area contributed by atoms with E-state index < -0.39 is 5.95 Å². The maximum Gasteiger partial charge on any atom is 0.221 e. The lowest BCUT2D eigenvalue weighted by molar-refractivity contribution is -0.114. The van der Waals surface area contributed by atoms with Crippen molar-refractivity contribution in [2.45, 2.75) is 13.3 Å². The van der Waals surface area contributed by atoms with Gasteiger partial charge >= 0.3 is 0 Å². The average molecular weight is 465 g/mol. The van der Waals surface area contributed by atoms with Crippen LogP contribution >= 0.6 is 11.6 Å². The molecule has 0 fully saturated rings. The SMILES string of the molecule is COc1ccc(-c2ccc(NC(C)=O)c3nc(Cc4nc5nc(F)ccc5[nH]4)cn23)c(Cl)c1. The summed E-state index contributed by atoms with van der Waals surface area (Å²) in [7, 11) is 1.58. The Kier molecular flexibility index (Phi) is 5.18. The van der Waals surface area contributed by atoms with Crippen LogP contribution in [0.1, 0.15) is 18.4 Å². The smallest absolute Gasteiger partial charge is 0.221 e. The molecule has 10 heteroatoms. The van der Waals surface area contributed by atoms with Crippen molar-refractivity contribution in [3.05, 3.63) is 71.2 Å². The summed E-state index contributed by atoms with van der Waals surface area (Å²) in [4.78, 5) is 27.7. The maximum atomic E-state index is 13.4. The first-order valence-corrected chi connectivity index (χ1v) is 10.4. The molecule has 0 saturated heterocycles.